The monoisotopic (exact) mass is 320 g/mol. The molecule has 2 aromatic carbocycles. The number of aryl methyl sites for hydroxylation is 2. The number of aliphatic hydroxyl groups excluding tert-OH is 1. The van der Waals surface area contributed by atoms with E-state index in [1.54, 1.807) is 0 Å². The van der Waals surface area contributed by atoms with Crippen LogP contribution in [0.1, 0.15) is 22.3 Å². The van der Waals surface area contributed by atoms with Gasteiger partial charge in [-0.2, -0.15) is 0 Å². The second kappa shape index (κ2) is 5.76. The normalized spacial score (nSPS) is 10.6. The highest BCUT2D eigenvalue weighted by Gasteiger charge is 2.08. The Labute approximate surface area is 122 Å². The maximum atomic E-state index is 9.10. The van der Waals surface area contributed by atoms with Crippen LogP contribution in [-0.4, -0.2) is 5.11 Å². The number of ether oxygens (including phenoxy) is 1. The Kier molecular flexibility index (Phi) is 4.27. The van der Waals surface area contributed by atoms with Crippen LogP contribution >= 0.6 is 15.9 Å². The van der Waals surface area contributed by atoms with Crippen molar-refractivity contribution in [3.05, 3.63) is 57.1 Å². The van der Waals surface area contributed by atoms with E-state index in [2.05, 4.69) is 42.8 Å². The third kappa shape index (κ3) is 3.17. The largest absolute Gasteiger partial charge is 0.456 e. The summed E-state index contributed by atoms with van der Waals surface area (Å²) in [6.45, 7) is 6.23. The summed E-state index contributed by atoms with van der Waals surface area (Å²) < 4.78 is 6.82. The van der Waals surface area contributed by atoms with E-state index >= 15 is 0 Å². The average molecular weight is 321 g/mol. The summed E-state index contributed by atoms with van der Waals surface area (Å²) in [4.78, 5) is 0. The summed E-state index contributed by atoms with van der Waals surface area (Å²) in [5, 5.41) is 9.10. The summed E-state index contributed by atoms with van der Waals surface area (Å²) >= 11 is 3.47. The molecule has 0 atom stereocenters. The van der Waals surface area contributed by atoms with Gasteiger partial charge in [0.25, 0.3) is 0 Å². The van der Waals surface area contributed by atoms with Gasteiger partial charge in [-0.25, -0.2) is 0 Å². The zero-order chi connectivity index (χ0) is 14.0. The zero-order valence-corrected chi connectivity index (χ0v) is 12.9. The lowest BCUT2D eigenvalue weighted by atomic mass is 10.1. The minimum absolute atomic E-state index is 0.0292. The number of hydrogen-bond donors (Lipinski definition) is 1. The van der Waals surface area contributed by atoms with Gasteiger partial charge in [0, 0.05) is 0 Å². The first-order valence-electron chi connectivity index (χ1n) is 6.16. The van der Waals surface area contributed by atoms with Crippen LogP contribution < -0.4 is 4.74 Å². The molecule has 0 heterocycles. The molecule has 0 bridgehead atoms. The van der Waals surface area contributed by atoms with E-state index in [0.717, 1.165) is 27.1 Å². The summed E-state index contributed by atoms with van der Waals surface area (Å²) in [7, 11) is 0. The summed E-state index contributed by atoms with van der Waals surface area (Å²) in [5.74, 6) is 1.63. The van der Waals surface area contributed by atoms with Gasteiger partial charge >= 0.3 is 0 Å². The molecule has 0 saturated carbocycles. The van der Waals surface area contributed by atoms with Crippen LogP contribution in [0.3, 0.4) is 0 Å². The zero-order valence-electron chi connectivity index (χ0n) is 11.3. The van der Waals surface area contributed by atoms with Crippen LogP contribution in [0.25, 0.3) is 0 Å². The lowest BCUT2D eigenvalue weighted by Crippen LogP contribution is -1.93. The van der Waals surface area contributed by atoms with Crippen LogP contribution in [0.2, 0.25) is 0 Å². The molecule has 0 aromatic heterocycles. The van der Waals surface area contributed by atoms with Crippen molar-refractivity contribution in [1.82, 2.24) is 0 Å². The molecule has 0 aliphatic carbocycles. The number of aliphatic hydroxyl groups is 1. The lowest BCUT2D eigenvalue weighted by Gasteiger charge is -2.13. The summed E-state index contributed by atoms with van der Waals surface area (Å²) in [6.07, 6.45) is 0. The predicted octanol–water partition coefficient (Wildman–Crippen LogP) is 4.66. The van der Waals surface area contributed by atoms with Crippen LogP contribution in [-0.2, 0) is 6.61 Å². The Balaban J connectivity index is 2.36. The number of hydrogen-bond acceptors (Lipinski definition) is 2. The number of rotatable bonds is 3. The van der Waals surface area contributed by atoms with Gasteiger partial charge in [0.05, 0.1) is 11.1 Å². The molecule has 100 valence electrons. The molecule has 0 spiro atoms. The van der Waals surface area contributed by atoms with Crippen LogP contribution in [0, 0.1) is 20.8 Å². The molecule has 0 radical (unpaired) electrons. The Morgan fingerprint density at radius 2 is 1.79 bits per heavy atom. The fourth-order valence-electron chi connectivity index (χ4n) is 1.95. The van der Waals surface area contributed by atoms with Gasteiger partial charge in [0.15, 0.2) is 0 Å². The third-order valence-corrected chi connectivity index (χ3v) is 3.78. The molecule has 1 N–H and O–H groups in total. The van der Waals surface area contributed by atoms with Gasteiger partial charge in [0.1, 0.15) is 11.5 Å². The first kappa shape index (κ1) is 14.1. The molecule has 0 aliphatic heterocycles. The molecule has 2 rings (SSSR count). The molecule has 0 fully saturated rings. The second-order valence-electron chi connectivity index (χ2n) is 4.73. The molecule has 2 aromatic rings. The van der Waals surface area contributed by atoms with E-state index in [1.807, 2.05) is 24.3 Å². The molecule has 2 nitrogen and oxygen atoms in total. The van der Waals surface area contributed by atoms with Crippen molar-refractivity contribution in [2.75, 3.05) is 0 Å². The van der Waals surface area contributed by atoms with Gasteiger partial charge in [-0.1, -0.05) is 12.1 Å². The van der Waals surface area contributed by atoms with E-state index in [0.29, 0.717) is 0 Å². The van der Waals surface area contributed by atoms with E-state index in [-0.39, 0.29) is 6.61 Å². The first-order valence-corrected chi connectivity index (χ1v) is 6.95. The second-order valence-corrected chi connectivity index (χ2v) is 5.58. The fraction of sp³-hybridized carbons (Fsp3) is 0.250. The topological polar surface area (TPSA) is 29.5 Å². The highest BCUT2D eigenvalue weighted by Crippen LogP contribution is 2.33. The SMILES string of the molecule is Cc1cc(C)c(C)c(Oc2ccc(CO)cc2Br)c1. The van der Waals surface area contributed by atoms with E-state index in [9.17, 15) is 0 Å². The van der Waals surface area contributed by atoms with Crippen LogP contribution in [0.15, 0.2) is 34.8 Å². The van der Waals surface area contributed by atoms with Crippen LogP contribution in [0.5, 0.6) is 11.5 Å². The third-order valence-electron chi connectivity index (χ3n) is 3.16. The lowest BCUT2D eigenvalue weighted by molar-refractivity contribution is 0.281. The molecule has 0 saturated heterocycles. The molecular formula is C16H17BrO2. The van der Waals surface area contributed by atoms with Gasteiger partial charge in [-0.05, 0) is 77.2 Å². The average Bonchev–Trinajstić information content (AvgIpc) is 2.37. The summed E-state index contributed by atoms with van der Waals surface area (Å²) in [5.41, 5.74) is 4.40. The Hall–Kier alpha value is -1.32. The van der Waals surface area contributed by atoms with Gasteiger partial charge in [-0.15, -0.1) is 0 Å². The van der Waals surface area contributed by atoms with E-state index in [4.69, 9.17) is 9.84 Å². The van der Waals surface area contributed by atoms with Gasteiger partial charge in [-0.3, -0.25) is 0 Å². The highest BCUT2D eigenvalue weighted by atomic mass is 79.9. The molecular weight excluding hydrogens is 304 g/mol. The molecule has 0 amide bonds. The Bertz CT molecular complexity index is 606. The van der Waals surface area contributed by atoms with Crippen molar-refractivity contribution in [2.24, 2.45) is 0 Å². The highest BCUT2D eigenvalue weighted by molar-refractivity contribution is 9.10. The minimum atomic E-state index is 0.0292. The Morgan fingerprint density at radius 3 is 2.42 bits per heavy atom. The first-order chi connectivity index (χ1) is 9.01. The van der Waals surface area contributed by atoms with E-state index < -0.39 is 0 Å². The van der Waals surface area contributed by atoms with Crippen LogP contribution in [0.4, 0.5) is 0 Å². The maximum Gasteiger partial charge on any atom is 0.141 e. The van der Waals surface area contributed by atoms with E-state index in [1.165, 1.54) is 11.1 Å². The standard InChI is InChI=1S/C16H17BrO2/c1-10-6-11(2)12(3)16(7-10)19-15-5-4-13(9-18)8-14(15)17/h4-8,18H,9H2,1-3H3. The molecule has 3 heteroatoms. The van der Waals surface area contributed by atoms with Crippen molar-refractivity contribution >= 4 is 15.9 Å². The summed E-state index contributed by atoms with van der Waals surface area (Å²) in [6, 6.07) is 9.78. The molecule has 0 unspecified atom stereocenters. The minimum Gasteiger partial charge on any atom is -0.456 e. The molecule has 0 aliphatic rings. The Morgan fingerprint density at radius 1 is 1.05 bits per heavy atom. The molecule has 19 heavy (non-hydrogen) atoms. The smallest absolute Gasteiger partial charge is 0.141 e. The van der Waals surface area contributed by atoms with Crippen molar-refractivity contribution in [3.63, 3.8) is 0 Å². The van der Waals surface area contributed by atoms with Crippen molar-refractivity contribution in [1.29, 1.82) is 0 Å². The van der Waals surface area contributed by atoms with Crippen molar-refractivity contribution in [2.45, 2.75) is 27.4 Å². The van der Waals surface area contributed by atoms with Gasteiger partial charge < -0.3 is 9.84 Å². The quantitative estimate of drug-likeness (QED) is 0.891. The fourth-order valence-corrected chi connectivity index (χ4v) is 2.46. The van der Waals surface area contributed by atoms with Crippen molar-refractivity contribution < 1.29 is 9.84 Å². The van der Waals surface area contributed by atoms with Gasteiger partial charge in [0.2, 0.25) is 0 Å². The number of halogens is 1. The number of benzene rings is 2. The predicted molar refractivity (Wildman–Crippen MR) is 80.8 cm³/mol. The maximum absolute atomic E-state index is 9.10. The van der Waals surface area contributed by atoms with Crippen molar-refractivity contribution in [3.8, 4) is 11.5 Å².